The van der Waals surface area contributed by atoms with E-state index in [1.54, 1.807) is 36.4 Å². The fourth-order valence-electron chi connectivity index (χ4n) is 2.49. The summed E-state index contributed by atoms with van der Waals surface area (Å²) < 4.78 is 0. The fraction of sp³-hybridized carbons (Fsp3) is 0.286. The number of hydrogen-bond donors (Lipinski definition) is 3. The van der Waals surface area contributed by atoms with Crippen LogP contribution in [0.5, 0.6) is 0 Å². The molecule has 0 heterocycles. The predicted molar refractivity (Wildman–Crippen MR) is 104 cm³/mol. The summed E-state index contributed by atoms with van der Waals surface area (Å²) in [4.78, 5) is 37.1. The van der Waals surface area contributed by atoms with E-state index in [0.29, 0.717) is 17.5 Å². The van der Waals surface area contributed by atoms with Crippen molar-refractivity contribution in [1.82, 2.24) is 16.2 Å². The van der Waals surface area contributed by atoms with Crippen molar-refractivity contribution in [3.05, 3.63) is 71.3 Å². The Balaban J connectivity index is 2.00. The first-order valence-corrected chi connectivity index (χ1v) is 8.95. The summed E-state index contributed by atoms with van der Waals surface area (Å²) in [5.74, 6) is -1.32. The Morgan fingerprint density at radius 1 is 0.852 bits per heavy atom. The lowest BCUT2D eigenvalue weighted by Gasteiger charge is -2.23. The van der Waals surface area contributed by atoms with Crippen molar-refractivity contribution in [2.75, 3.05) is 0 Å². The average Bonchev–Trinajstić information content (AvgIpc) is 2.70. The first-order valence-electron chi connectivity index (χ1n) is 8.95. The molecule has 27 heavy (non-hydrogen) atoms. The summed E-state index contributed by atoms with van der Waals surface area (Å²) in [5, 5.41) is 2.75. The van der Waals surface area contributed by atoms with Gasteiger partial charge in [0.05, 0.1) is 0 Å². The normalized spacial score (nSPS) is 12.6. The van der Waals surface area contributed by atoms with Crippen LogP contribution in [-0.4, -0.2) is 23.8 Å². The van der Waals surface area contributed by atoms with Crippen LogP contribution in [0.2, 0.25) is 0 Å². The van der Waals surface area contributed by atoms with Gasteiger partial charge in [-0.05, 0) is 37.1 Å². The van der Waals surface area contributed by atoms with E-state index in [-0.39, 0.29) is 11.8 Å². The Hall–Kier alpha value is -3.15. The third kappa shape index (κ3) is 5.67. The minimum absolute atomic E-state index is 0.103. The molecule has 6 heteroatoms. The number of hydrogen-bond acceptors (Lipinski definition) is 3. The molecule has 0 aliphatic carbocycles. The lowest BCUT2D eigenvalue weighted by Crippen LogP contribution is -2.54. The van der Waals surface area contributed by atoms with Crippen LogP contribution < -0.4 is 16.2 Å². The van der Waals surface area contributed by atoms with E-state index < -0.39 is 17.9 Å². The van der Waals surface area contributed by atoms with Gasteiger partial charge in [0.2, 0.25) is 0 Å². The van der Waals surface area contributed by atoms with Gasteiger partial charge in [-0.15, -0.1) is 0 Å². The number of amides is 3. The first kappa shape index (κ1) is 20.2. The third-order valence-electron chi connectivity index (χ3n) is 4.43. The SMILES string of the molecule is CC[C@H](C)[C@H](NC(=O)c1ccccc1)C(=O)NNC(=O)c1ccc(C)cc1. The van der Waals surface area contributed by atoms with Crippen molar-refractivity contribution >= 4 is 17.7 Å². The van der Waals surface area contributed by atoms with Crippen molar-refractivity contribution in [3.63, 3.8) is 0 Å². The molecule has 0 aromatic heterocycles. The van der Waals surface area contributed by atoms with E-state index in [9.17, 15) is 14.4 Å². The Morgan fingerprint density at radius 2 is 1.44 bits per heavy atom. The molecule has 0 aliphatic heterocycles. The van der Waals surface area contributed by atoms with Gasteiger partial charge in [0, 0.05) is 11.1 Å². The van der Waals surface area contributed by atoms with Gasteiger partial charge >= 0.3 is 0 Å². The zero-order valence-corrected chi connectivity index (χ0v) is 15.8. The predicted octanol–water partition coefficient (Wildman–Crippen LogP) is 2.60. The second-order valence-corrected chi connectivity index (χ2v) is 6.51. The van der Waals surface area contributed by atoms with Gasteiger partial charge in [-0.25, -0.2) is 0 Å². The minimum Gasteiger partial charge on any atom is -0.340 e. The molecule has 3 N–H and O–H groups in total. The number of carbonyl (C=O) groups is 3. The number of carbonyl (C=O) groups excluding carboxylic acids is 3. The lowest BCUT2D eigenvalue weighted by atomic mass is 9.98. The lowest BCUT2D eigenvalue weighted by molar-refractivity contribution is -0.124. The van der Waals surface area contributed by atoms with Gasteiger partial charge in [0.25, 0.3) is 17.7 Å². The Kier molecular flexibility index (Phi) is 7.11. The standard InChI is InChI=1S/C21H25N3O3/c1-4-15(3)18(22-19(25)16-8-6-5-7-9-16)21(27)24-23-20(26)17-12-10-14(2)11-13-17/h5-13,15,18H,4H2,1-3H3,(H,22,25)(H,23,26)(H,24,27)/t15-,18-/m0/s1. The average molecular weight is 367 g/mol. The first-order chi connectivity index (χ1) is 12.9. The molecule has 0 aliphatic rings. The Labute approximate surface area is 159 Å². The Morgan fingerprint density at radius 3 is 2.04 bits per heavy atom. The van der Waals surface area contributed by atoms with Gasteiger partial charge in [0.15, 0.2) is 0 Å². The monoisotopic (exact) mass is 367 g/mol. The Bertz CT molecular complexity index is 788. The van der Waals surface area contributed by atoms with Gasteiger partial charge in [-0.3, -0.25) is 25.2 Å². The molecule has 6 nitrogen and oxygen atoms in total. The van der Waals surface area contributed by atoms with E-state index in [0.717, 1.165) is 5.56 Å². The highest BCUT2D eigenvalue weighted by Gasteiger charge is 2.26. The van der Waals surface area contributed by atoms with Gasteiger partial charge in [-0.1, -0.05) is 56.2 Å². The van der Waals surface area contributed by atoms with E-state index in [1.807, 2.05) is 39.0 Å². The quantitative estimate of drug-likeness (QED) is 0.686. The van der Waals surface area contributed by atoms with Crippen LogP contribution >= 0.6 is 0 Å². The van der Waals surface area contributed by atoms with Crippen LogP contribution in [0.15, 0.2) is 54.6 Å². The minimum atomic E-state index is -0.763. The molecular weight excluding hydrogens is 342 g/mol. The van der Waals surface area contributed by atoms with E-state index in [1.165, 1.54) is 0 Å². The fourth-order valence-corrected chi connectivity index (χ4v) is 2.49. The van der Waals surface area contributed by atoms with Crippen LogP contribution in [-0.2, 0) is 4.79 Å². The molecule has 0 unspecified atom stereocenters. The summed E-state index contributed by atoms with van der Waals surface area (Å²) in [6.07, 6.45) is 0.694. The van der Waals surface area contributed by atoms with Crippen LogP contribution in [0.25, 0.3) is 0 Å². The summed E-state index contributed by atoms with van der Waals surface area (Å²) in [6, 6.07) is 14.9. The topological polar surface area (TPSA) is 87.3 Å². The summed E-state index contributed by atoms with van der Waals surface area (Å²) in [5.41, 5.74) is 6.77. The maximum absolute atomic E-state index is 12.6. The molecular formula is C21H25N3O3. The number of hydrazine groups is 1. The van der Waals surface area contributed by atoms with E-state index in [4.69, 9.17) is 0 Å². The molecule has 2 rings (SSSR count). The van der Waals surface area contributed by atoms with Crippen molar-refractivity contribution in [2.24, 2.45) is 5.92 Å². The zero-order chi connectivity index (χ0) is 19.8. The molecule has 2 aromatic rings. The van der Waals surface area contributed by atoms with Crippen molar-refractivity contribution in [2.45, 2.75) is 33.2 Å². The number of aryl methyl sites for hydroxylation is 1. The van der Waals surface area contributed by atoms with Crippen LogP contribution in [0, 0.1) is 12.8 Å². The molecule has 3 amide bonds. The highest BCUT2D eigenvalue weighted by molar-refractivity contribution is 5.99. The molecule has 2 aromatic carbocycles. The number of rotatable bonds is 6. The molecule has 0 fully saturated rings. The number of nitrogens with one attached hydrogen (secondary N) is 3. The molecule has 2 atom stereocenters. The maximum Gasteiger partial charge on any atom is 0.269 e. The van der Waals surface area contributed by atoms with Crippen LogP contribution in [0.4, 0.5) is 0 Å². The molecule has 0 bridgehead atoms. The van der Waals surface area contributed by atoms with Crippen molar-refractivity contribution in [3.8, 4) is 0 Å². The molecule has 0 saturated heterocycles. The second-order valence-electron chi connectivity index (χ2n) is 6.51. The smallest absolute Gasteiger partial charge is 0.269 e. The van der Waals surface area contributed by atoms with E-state index in [2.05, 4.69) is 16.2 Å². The van der Waals surface area contributed by atoms with Gasteiger partial charge < -0.3 is 5.32 Å². The highest BCUT2D eigenvalue weighted by Crippen LogP contribution is 2.10. The number of benzene rings is 2. The van der Waals surface area contributed by atoms with Crippen molar-refractivity contribution in [1.29, 1.82) is 0 Å². The molecule has 0 radical (unpaired) electrons. The second kappa shape index (κ2) is 9.52. The van der Waals surface area contributed by atoms with Gasteiger partial charge in [0.1, 0.15) is 6.04 Å². The van der Waals surface area contributed by atoms with Gasteiger partial charge in [-0.2, -0.15) is 0 Å². The van der Waals surface area contributed by atoms with E-state index >= 15 is 0 Å². The largest absolute Gasteiger partial charge is 0.340 e. The summed E-state index contributed by atoms with van der Waals surface area (Å²) in [6.45, 7) is 5.73. The summed E-state index contributed by atoms with van der Waals surface area (Å²) >= 11 is 0. The maximum atomic E-state index is 12.6. The summed E-state index contributed by atoms with van der Waals surface area (Å²) in [7, 11) is 0. The third-order valence-corrected chi connectivity index (χ3v) is 4.43. The molecule has 142 valence electrons. The highest BCUT2D eigenvalue weighted by atomic mass is 16.2. The van der Waals surface area contributed by atoms with Crippen LogP contribution in [0.1, 0.15) is 46.5 Å². The molecule has 0 spiro atoms. The molecule has 0 saturated carbocycles. The van der Waals surface area contributed by atoms with Crippen LogP contribution in [0.3, 0.4) is 0 Å². The zero-order valence-electron chi connectivity index (χ0n) is 15.8. The van der Waals surface area contributed by atoms with Crippen molar-refractivity contribution < 1.29 is 14.4 Å².